The van der Waals surface area contributed by atoms with Gasteiger partial charge in [0.1, 0.15) is 0 Å². The summed E-state index contributed by atoms with van der Waals surface area (Å²) in [6.07, 6.45) is 0. The smallest absolute Gasteiger partial charge is 0.0860 e. The van der Waals surface area contributed by atoms with E-state index < -0.39 is 0 Å². The van der Waals surface area contributed by atoms with Crippen molar-refractivity contribution < 1.29 is 0 Å². The van der Waals surface area contributed by atoms with Gasteiger partial charge in [-0.1, -0.05) is 41.4 Å². The van der Waals surface area contributed by atoms with Gasteiger partial charge in [0.2, 0.25) is 0 Å². The second-order valence-corrected chi connectivity index (χ2v) is 5.38. The SMILES string of the molecule is Cc1nn(C)c(CNC(CBr)C(C)C)c1Cl. The van der Waals surface area contributed by atoms with E-state index in [9.17, 15) is 0 Å². The predicted molar refractivity (Wildman–Crippen MR) is 72.2 cm³/mol. The molecule has 0 saturated carbocycles. The van der Waals surface area contributed by atoms with Crippen molar-refractivity contribution in [2.45, 2.75) is 33.4 Å². The van der Waals surface area contributed by atoms with E-state index in [1.165, 1.54) is 0 Å². The molecule has 1 N–H and O–H groups in total. The third kappa shape index (κ3) is 3.22. The van der Waals surface area contributed by atoms with Crippen LogP contribution in [0.4, 0.5) is 0 Å². The third-order valence-electron chi connectivity index (χ3n) is 2.76. The van der Waals surface area contributed by atoms with Crippen LogP contribution in [0.25, 0.3) is 0 Å². The van der Waals surface area contributed by atoms with E-state index in [1.54, 1.807) is 0 Å². The Balaban J connectivity index is 2.67. The molecule has 1 heterocycles. The second kappa shape index (κ2) is 6.03. The normalized spacial score (nSPS) is 13.4. The molecule has 0 bridgehead atoms. The maximum absolute atomic E-state index is 6.19. The van der Waals surface area contributed by atoms with Gasteiger partial charge in [0.25, 0.3) is 0 Å². The van der Waals surface area contributed by atoms with Crippen LogP contribution in [-0.4, -0.2) is 21.2 Å². The van der Waals surface area contributed by atoms with Gasteiger partial charge in [-0.15, -0.1) is 0 Å². The summed E-state index contributed by atoms with van der Waals surface area (Å²) in [5, 5.41) is 9.49. The minimum Gasteiger partial charge on any atom is -0.307 e. The van der Waals surface area contributed by atoms with Gasteiger partial charge in [-0.2, -0.15) is 5.10 Å². The number of rotatable bonds is 5. The Morgan fingerprint density at radius 1 is 1.50 bits per heavy atom. The molecule has 0 amide bonds. The molecular weight excluding hydrogens is 289 g/mol. The van der Waals surface area contributed by atoms with Crippen molar-refractivity contribution in [3.05, 3.63) is 16.4 Å². The van der Waals surface area contributed by atoms with E-state index >= 15 is 0 Å². The fraction of sp³-hybridized carbons (Fsp3) is 0.727. The zero-order valence-electron chi connectivity index (χ0n) is 10.2. The summed E-state index contributed by atoms with van der Waals surface area (Å²) < 4.78 is 1.84. The van der Waals surface area contributed by atoms with Crippen molar-refractivity contribution in [1.82, 2.24) is 15.1 Å². The molecule has 1 rings (SSSR count). The van der Waals surface area contributed by atoms with Gasteiger partial charge in [-0.3, -0.25) is 4.68 Å². The van der Waals surface area contributed by atoms with Crippen LogP contribution in [-0.2, 0) is 13.6 Å². The number of alkyl halides is 1. The van der Waals surface area contributed by atoms with E-state index in [0.717, 1.165) is 28.3 Å². The minimum atomic E-state index is 0.450. The van der Waals surface area contributed by atoms with Gasteiger partial charge < -0.3 is 5.32 Å². The molecule has 0 aliphatic rings. The van der Waals surface area contributed by atoms with Gasteiger partial charge in [-0.25, -0.2) is 0 Å². The van der Waals surface area contributed by atoms with Crippen molar-refractivity contribution in [3.63, 3.8) is 0 Å². The molecule has 0 saturated heterocycles. The van der Waals surface area contributed by atoms with Crippen LogP contribution in [0.5, 0.6) is 0 Å². The molecule has 1 unspecified atom stereocenters. The molecule has 0 aliphatic carbocycles. The molecule has 0 radical (unpaired) electrons. The lowest BCUT2D eigenvalue weighted by atomic mass is 10.1. The maximum atomic E-state index is 6.19. The number of aromatic nitrogens is 2. The largest absolute Gasteiger partial charge is 0.307 e. The van der Waals surface area contributed by atoms with Gasteiger partial charge >= 0.3 is 0 Å². The molecule has 0 aliphatic heterocycles. The maximum Gasteiger partial charge on any atom is 0.0860 e. The van der Waals surface area contributed by atoms with E-state index in [1.807, 2.05) is 18.7 Å². The molecule has 1 atom stereocenters. The van der Waals surface area contributed by atoms with Crippen LogP contribution >= 0.6 is 27.5 Å². The van der Waals surface area contributed by atoms with Crippen LogP contribution in [0.2, 0.25) is 5.02 Å². The molecule has 5 heteroatoms. The van der Waals surface area contributed by atoms with Crippen molar-refractivity contribution in [2.24, 2.45) is 13.0 Å². The second-order valence-electron chi connectivity index (χ2n) is 4.36. The van der Waals surface area contributed by atoms with Crippen molar-refractivity contribution >= 4 is 27.5 Å². The molecule has 1 aromatic rings. The standard InChI is InChI=1S/C11H19BrClN3/c1-7(2)9(5-12)14-6-10-11(13)8(3)15-16(10)4/h7,9,14H,5-6H2,1-4H3. The summed E-state index contributed by atoms with van der Waals surface area (Å²) in [4.78, 5) is 0. The Morgan fingerprint density at radius 3 is 2.50 bits per heavy atom. The number of nitrogens with one attached hydrogen (secondary N) is 1. The Labute approximate surface area is 111 Å². The summed E-state index contributed by atoms with van der Waals surface area (Å²) in [5.41, 5.74) is 1.94. The fourth-order valence-corrected chi connectivity index (χ4v) is 2.77. The quantitative estimate of drug-likeness (QED) is 0.848. The zero-order valence-corrected chi connectivity index (χ0v) is 12.6. The van der Waals surface area contributed by atoms with Gasteiger partial charge in [-0.05, 0) is 12.8 Å². The first-order valence-corrected chi connectivity index (χ1v) is 6.94. The first kappa shape index (κ1) is 14.0. The Kier molecular flexibility index (Phi) is 5.28. The monoisotopic (exact) mass is 307 g/mol. The van der Waals surface area contributed by atoms with Gasteiger partial charge in [0.05, 0.1) is 16.4 Å². The summed E-state index contributed by atoms with van der Waals surface area (Å²) in [7, 11) is 1.93. The van der Waals surface area contributed by atoms with Gasteiger partial charge in [0, 0.05) is 25.0 Å². The number of hydrogen-bond donors (Lipinski definition) is 1. The average molecular weight is 309 g/mol. The highest BCUT2D eigenvalue weighted by molar-refractivity contribution is 9.09. The molecule has 0 aromatic carbocycles. The number of halogens is 2. The van der Waals surface area contributed by atoms with E-state index in [-0.39, 0.29) is 0 Å². The van der Waals surface area contributed by atoms with Crippen LogP contribution in [0.15, 0.2) is 0 Å². The van der Waals surface area contributed by atoms with Gasteiger partial charge in [0.15, 0.2) is 0 Å². The third-order valence-corrected chi connectivity index (χ3v) is 3.95. The molecule has 0 spiro atoms. The number of hydrogen-bond acceptors (Lipinski definition) is 2. The Bertz CT molecular complexity index is 349. The number of aryl methyl sites for hydroxylation is 2. The highest BCUT2D eigenvalue weighted by atomic mass is 79.9. The topological polar surface area (TPSA) is 29.9 Å². The van der Waals surface area contributed by atoms with Crippen molar-refractivity contribution in [1.29, 1.82) is 0 Å². The molecule has 92 valence electrons. The summed E-state index contributed by atoms with van der Waals surface area (Å²) in [6, 6.07) is 0.450. The average Bonchev–Trinajstić information content (AvgIpc) is 2.44. The van der Waals surface area contributed by atoms with Crippen LogP contribution in [0.1, 0.15) is 25.2 Å². The first-order valence-electron chi connectivity index (χ1n) is 5.44. The fourth-order valence-electron chi connectivity index (χ4n) is 1.57. The minimum absolute atomic E-state index is 0.450. The zero-order chi connectivity index (χ0) is 12.3. The van der Waals surface area contributed by atoms with Crippen LogP contribution < -0.4 is 5.32 Å². The molecular formula is C11H19BrClN3. The molecule has 0 fully saturated rings. The Morgan fingerprint density at radius 2 is 2.12 bits per heavy atom. The highest BCUT2D eigenvalue weighted by Gasteiger charge is 2.15. The van der Waals surface area contributed by atoms with E-state index in [0.29, 0.717) is 12.0 Å². The number of nitrogens with zero attached hydrogens (tertiary/aromatic N) is 2. The van der Waals surface area contributed by atoms with Crippen LogP contribution in [0.3, 0.4) is 0 Å². The molecule has 16 heavy (non-hydrogen) atoms. The first-order chi connectivity index (χ1) is 7.47. The molecule has 3 nitrogen and oxygen atoms in total. The predicted octanol–water partition coefficient (Wildman–Crippen LogP) is 2.89. The molecule has 1 aromatic heterocycles. The van der Waals surface area contributed by atoms with Crippen molar-refractivity contribution in [3.8, 4) is 0 Å². The lowest BCUT2D eigenvalue weighted by Gasteiger charge is -2.20. The summed E-state index contributed by atoms with van der Waals surface area (Å²) >= 11 is 9.70. The Hall–Kier alpha value is -0.0600. The lowest BCUT2D eigenvalue weighted by molar-refractivity contribution is 0.427. The summed E-state index contributed by atoms with van der Waals surface area (Å²) in [5.74, 6) is 0.590. The van der Waals surface area contributed by atoms with Crippen molar-refractivity contribution in [2.75, 3.05) is 5.33 Å². The van der Waals surface area contributed by atoms with Crippen LogP contribution in [0, 0.1) is 12.8 Å². The van der Waals surface area contributed by atoms with E-state index in [4.69, 9.17) is 11.6 Å². The lowest BCUT2D eigenvalue weighted by Crippen LogP contribution is -2.35. The highest BCUT2D eigenvalue weighted by Crippen LogP contribution is 2.19. The van der Waals surface area contributed by atoms with E-state index in [2.05, 4.69) is 40.2 Å². The summed E-state index contributed by atoms with van der Waals surface area (Å²) in [6.45, 7) is 7.09.